The number of piperazine rings is 1. The molecule has 0 amide bonds. The van der Waals surface area contributed by atoms with Gasteiger partial charge in [0.1, 0.15) is 11.6 Å². The van der Waals surface area contributed by atoms with Gasteiger partial charge in [-0.1, -0.05) is 13.0 Å². The lowest BCUT2D eigenvalue weighted by Gasteiger charge is -2.33. The van der Waals surface area contributed by atoms with Crippen LogP contribution in [0.4, 0.5) is 17.6 Å². The van der Waals surface area contributed by atoms with Crippen molar-refractivity contribution in [1.29, 1.82) is 0 Å². The Balaban J connectivity index is 1.68. The lowest BCUT2D eigenvalue weighted by atomic mass is 10.3. The molecule has 3 rings (SSSR count). The molecule has 1 aliphatic rings. The van der Waals surface area contributed by atoms with Gasteiger partial charge in [-0.25, -0.2) is 0 Å². The molecule has 2 aromatic rings. The molecule has 1 fully saturated rings. The van der Waals surface area contributed by atoms with Gasteiger partial charge in [0.25, 0.3) is 0 Å². The molecular weight excluding hydrogens is 318 g/mol. The zero-order valence-electron chi connectivity index (χ0n) is 14.8. The molecule has 0 unspecified atom stereocenters. The number of rotatable bonds is 6. The summed E-state index contributed by atoms with van der Waals surface area (Å²) in [6.45, 7) is 8.14. The minimum absolute atomic E-state index is 0.225. The third-order valence-corrected chi connectivity index (χ3v) is 4.30. The molecule has 0 spiro atoms. The lowest BCUT2D eigenvalue weighted by molar-refractivity contribution is 0.129. The largest absolute Gasteiger partial charge is 0.497 e. The van der Waals surface area contributed by atoms with Gasteiger partial charge in [-0.2, -0.15) is 15.0 Å². The molecule has 0 atom stereocenters. The summed E-state index contributed by atoms with van der Waals surface area (Å²) in [5.74, 6) is 2.12. The Morgan fingerprint density at radius 2 is 1.88 bits per heavy atom. The minimum Gasteiger partial charge on any atom is -0.497 e. The Hall–Kier alpha value is -2.45. The normalized spacial score (nSPS) is 15.9. The van der Waals surface area contributed by atoms with Gasteiger partial charge < -0.3 is 20.7 Å². The molecule has 8 nitrogen and oxygen atoms in total. The third-order valence-electron chi connectivity index (χ3n) is 4.30. The van der Waals surface area contributed by atoms with Crippen LogP contribution in [0.1, 0.15) is 12.7 Å². The standard InChI is InChI=1S/C17H25N7O/c1-3-23-7-9-24(10-8-23)12-15-20-16(18)22-17(21-15)19-13-5-4-6-14(11-13)25-2/h4-6,11H,3,7-10,12H2,1-2H3,(H3,18,19,20,21,22). The van der Waals surface area contributed by atoms with Gasteiger partial charge in [-0.15, -0.1) is 0 Å². The van der Waals surface area contributed by atoms with Crippen molar-refractivity contribution in [2.45, 2.75) is 13.5 Å². The average molecular weight is 343 g/mol. The van der Waals surface area contributed by atoms with Crippen LogP contribution in [0.25, 0.3) is 0 Å². The first-order valence-corrected chi connectivity index (χ1v) is 8.52. The van der Waals surface area contributed by atoms with Crippen molar-refractivity contribution in [3.8, 4) is 5.75 Å². The van der Waals surface area contributed by atoms with Gasteiger partial charge >= 0.3 is 0 Å². The number of hydrogen-bond acceptors (Lipinski definition) is 8. The summed E-state index contributed by atoms with van der Waals surface area (Å²) >= 11 is 0. The quantitative estimate of drug-likeness (QED) is 0.812. The molecule has 2 heterocycles. The van der Waals surface area contributed by atoms with Crippen LogP contribution in [0, 0.1) is 0 Å². The second-order valence-electron chi connectivity index (χ2n) is 6.00. The molecule has 0 bridgehead atoms. The molecular formula is C17H25N7O. The van der Waals surface area contributed by atoms with Crippen molar-refractivity contribution in [1.82, 2.24) is 24.8 Å². The fourth-order valence-corrected chi connectivity index (χ4v) is 2.86. The van der Waals surface area contributed by atoms with Crippen molar-refractivity contribution < 1.29 is 4.74 Å². The molecule has 25 heavy (non-hydrogen) atoms. The van der Waals surface area contributed by atoms with E-state index in [-0.39, 0.29) is 5.95 Å². The highest BCUT2D eigenvalue weighted by Gasteiger charge is 2.17. The fourth-order valence-electron chi connectivity index (χ4n) is 2.86. The van der Waals surface area contributed by atoms with Crippen LogP contribution in [0.3, 0.4) is 0 Å². The van der Waals surface area contributed by atoms with Gasteiger partial charge in [0.05, 0.1) is 13.7 Å². The van der Waals surface area contributed by atoms with E-state index in [9.17, 15) is 0 Å². The van der Waals surface area contributed by atoms with Gasteiger partial charge in [-0.05, 0) is 18.7 Å². The fraction of sp³-hybridized carbons (Fsp3) is 0.471. The Kier molecular flexibility index (Phi) is 5.62. The summed E-state index contributed by atoms with van der Waals surface area (Å²) < 4.78 is 5.23. The maximum absolute atomic E-state index is 5.86. The number of likely N-dealkylation sites (N-methyl/N-ethyl adjacent to an activating group) is 1. The molecule has 0 radical (unpaired) electrons. The van der Waals surface area contributed by atoms with Crippen molar-refractivity contribution in [3.63, 3.8) is 0 Å². The molecule has 1 aromatic carbocycles. The van der Waals surface area contributed by atoms with E-state index in [4.69, 9.17) is 10.5 Å². The predicted octanol–water partition coefficient (Wildman–Crippen LogP) is 1.34. The van der Waals surface area contributed by atoms with Crippen LogP contribution < -0.4 is 15.8 Å². The number of nitrogen functional groups attached to an aromatic ring is 1. The van der Waals surface area contributed by atoms with E-state index in [2.05, 4.69) is 37.0 Å². The number of hydrogen-bond donors (Lipinski definition) is 2. The highest BCUT2D eigenvalue weighted by molar-refractivity contribution is 5.56. The molecule has 0 aliphatic carbocycles. The van der Waals surface area contributed by atoms with Crippen LogP contribution in [-0.2, 0) is 6.54 Å². The number of ether oxygens (including phenoxy) is 1. The zero-order valence-corrected chi connectivity index (χ0v) is 14.8. The second kappa shape index (κ2) is 8.09. The number of nitrogens with two attached hydrogens (primary N) is 1. The van der Waals surface area contributed by atoms with Crippen LogP contribution >= 0.6 is 0 Å². The van der Waals surface area contributed by atoms with Gasteiger partial charge in [0.2, 0.25) is 11.9 Å². The van der Waals surface area contributed by atoms with E-state index in [1.54, 1.807) is 7.11 Å². The van der Waals surface area contributed by atoms with E-state index in [1.165, 1.54) is 0 Å². The number of nitrogens with one attached hydrogen (secondary N) is 1. The maximum atomic E-state index is 5.86. The van der Waals surface area contributed by atoms with E-state index in [0.717, 1.165) is 44.2 Å². The maximum Gasteiger partial charge on any atom is 0.232 e. The van der Waals surface area contributed by atoms with Gasteiger partial charge in [0, 0.05) is 37.9 Å². The zero-order chi connectivity index (χ0) is 17.6. The van der Waals surface area contributed by atoms with E-state index >= 15 is 0 Å². The van der Waals surface area contributed by atoms with Crippen molar-refractivity contribution >= 4 is 17.6 Å². The highest BCUT2D eigenvalue weighted by Crippen LogP contribution is 2.20. The van der Waals surface area contributed by atoms with Crippen LogP contribution in [-0.4, -0.2) is 64.6 Å². The highest BCUT2D eigenvalue weighted by atomic mass is 16.5. The average Bonchev–Trinajstić information content (AvgIpc) is 2.62. The Morgan fingerprint density at radius 1 is 1.12 bits per heavy atom. The van der Waals surface area contributed by atoms with Crippen molar-refractivity contribution in [2.75, 3.05) is 50.9 Å². The Morgan fingerprint density at radius 3 is 2.60 bits per heavy atom. The Bertz CT molecular complexity index is 701. The molecule has 0 saturated carbocycles. The lowest BCUT2D eigenvalue weighted by Crippen LogP contribution is -2.45. The summed E-state index contributed by atoms with van der Waals surface area (Å²) in [5, 5.41) is 3.16. The predicted molar refractivity (Wildman–Crippen MR) is 97.9 cm³/mol. The Labute approximate surface area is 148 Å². The van der Waals surface area contributed by atoms with Crippen molar-refractivity contribution in [3.05, 3.63) is 30.1 Å². The number of nitrogens with zero attached hydrogens (tertiary/aromatic N) is 5. The van der Waals surface area contributed by atoms with Crippen molar-refractivity contribution in [2.24, 2.45) is 0 Å². The first-order valence-electron chi connectivity index (χ1n) is 8.52. The first-order chi connectivity index (χ1) is 12.2. The summed E-state index contributed by atoms with van der Waals surface area (Å²) in [6.07, 6.45) is 0. The second-order valence-corrected chi connectivity index (χ2v) is 6.00. The van der Waals surface area contributed by atoms with Crippen LogP contribution in [0.15, 0.2) is 24.3 Å². The number of anilines is 3. The summed E-state index contributed by atoms with van der Waals surface area (Å²) in [7, 11) is 1.64. The van der Waals surface area contributed by atoms with Gasteiger partial charge in [0.15, 0.2) is 0 Å². The summed E-state index contributed by atoms with van der Waals surface area (Å²) in [5.41, 5.74) is 6.70. The smallest absolute Gasteiger partial charge is 0.232 e. The molecule has 1 aromatic heterocycles. The SMILES string of the molecule is CCN1CCN(Cc2nc(N)nc(Nc3cccc(OC)c3)n2)CC1. The summed E-state index contributed by atoms with van der Waals surface area (Å²) in [6, 6.07) is 7.59. The number of benzene rings is 1. The number of aromatic nitrogens is 3. The van der Waals surface area contributed by atoms with Gasteiger partial charge in [-0.3, -0.25) is 4.90 Å². The summed E-state index contributed by atoms with van der Waals surface area (Å²) in [4.78, 5) is 17.7. The monoisotopic (exact) mass is 343 g/mol. The molecule has 1 saturated heterocycles. The van der Waals surface area contributed by atoms with Crippen LogP contribution in [0.2, 0.25) is 0 Å². The molecule has 1 aliphatic heterocycles. The van der Waals surface area contributed by atoms with E-state index < -0.39 is 0 Å². The van der Waals surface area contributed by atoms with E-state index in [1.807, 2.05) is 24.3 Å². The first kappa shape index (κ1) is 17.4. The minimum atomic E-state index is 0.225. The number of methoxy groups -OCH3 is 1. The molecule has 3 N–H and O–H groups in total. The molecule has 8 heteroatoms. The van der Waals surface area contributed by atoms with E-state index in [0.29, 0.717) is 18.3 Å². The third kappa shape index (κ3) is 4.77. The topological polar surface area (TPSA) is 92.4 Å². The van der Waals surface area contributed by atoms with Crippen LogP contribution in [0.5, 0.6) is 5.75 Å². The molecule has 134 valence electrons.